The number of fused-ring (bicyclic) bond motifs is 1. The van der Waals surface area contributed by atoms with Gasteiger partial charge in [0.15, 0.2) is 0 Å². The van der Waals surface area contributed by atoms with Gasteiger partial charge in [0.1, 0.15) is 0 Å². The molecule has 0 spiro atoms. The number of aromatic nitrogens is 2. The van der Waals surface area contributed by atoms with Crippen molar-refractivity contribution in [3.63, 3.8) is 0 Å². The van der Waals surface area contributed by atoms with Gasteiger partial charge >= 0.3 is 0 Å². The maximum atomic E-state index is 4.47. The molecule has 0 N–H and O–H groups in total. The molecule has 0 unspecified atom stereocenters. The summed E-state index contributed by atoms with van der Waals surface area (Å²) >= 11 is 0. The Morgan fingerprint density at radius 2 is 2.06 bits per heavy atom. The van der Waals surface area contributed by atoms with Crippen molar-refractivity contribution in [1.29, 1.82) is 0 Å². The van der Waals surface area contributed by atoms with Crippen LogP contribution in [0.2, 0.25) is 0 Å². The summed E-state index contributed by atoms with van der Waals surface area (Å²) < 4.78 is 2.11. The van der Waals surface area contributed by atoms with Crippen molar-refractivity contribution in [2.75, 3.05) is 13.1 Å². The van der Waals surface area contributed by atoms with Crippen LogP contribution in [0.25, 0.3) is 10.9 Å². The molecule has 3 nitrogen and oxygen atoms in total. The minimum atomic E-state index is 0.937. The molecule has 3 heteroatoms. The highest BCUT2D eigenvalue weighted by molar-refractivity contribution is 5.79. The SMILES string of the molecule is Cc1ccc2c(cnn2CN2CCCC2)c1. The first-order valence-electron chi connectivity index (χ1n) is 5.97. The van der Waals surface area contributed by atoms with Crippen LogP contribution in [0.1, 0.15) is 18.4 Å². The van der Waals surface area contributed by atoms with Crippen LogP contribution in [0.5, 0.6) is 0 Å². The van der Waals surface area contributed by atoms with E-state index in [2.05, 4.69) is 39.8 Å². The third-order valence-corrected chi connectivity index (χ3v) is 3.33. The zero-order valence-corrected chi connectivity index (χ0v) is 9.69. The van der Waals surface area contributed by atoms with E-state index in [1.165, 1.54) is 42.4 Å². The van der Waals surface area contributed by atoms with Crippen molar-refractivity contribution in [3.05, 3.63) is 30.0 Å². The van der Waals surface area contributed by atoms with Crippen LogP contribution < -0.4 is 0 Å². The number of likely N-dealkylation sites (tertiary alicyclic amines) is 1. The number of hydrogen-bond acceptors (Lipinski definition) is 2. The quantitative estimate of drug-likeness (QED) is 0.767. The summed E-state index contributed by atoms with van der Waals surface area (Å²) in [7, 11) is 0. The first-order valence-corrected chi connectivity index (χ1v) is 5.97. The Kier molecular flexibility index (Phi) is 2.40. The standard InChI is InChI=1S/C13H17N3/c1-11-4-5-13-12(8-11)9-14-16(13)10-15-6-2-3-7-15/h4-5,8-9H,2-3,6-7,10H2,1H3. The number of nitrogens with zero attached hydrogens (tertiary/aromatic N) is 3. The highest BCUT2D eigenvalue weighted by Gasteiger charge is 2.13. The molecule has 0 aliphatic carbocycles. The summed E-state index contributed by atoms with van der Waals surface area (Å²) in [6.07, 6.45) is 4.63. The van der Waals surface area contributed by atoms with Crippen LogP contribution in [0.4, 0.5) is 0 Å². The molecule has 1 aromatic heterocycles. The molecular weight excluding hydrogens is 198 g/mol. The summed E-state index contributed by atoms with van der Waals surface area (Å²) in [5, 5.41) is 5.72. The molecule has 16 heavy (non-hydrogen) atoms. The Hall–Kier alpha value is -1.35. The Morgan fingerprint density at radius 1 is 1.25 bits per heavy atom. The first kappa shape index (κ1) is 9.85. The van der Waals surface area contributed by atoms with Gasteiger partial charge in [0.2, 0.25) is 0 Å². The monoisotopic (exact) mass is 215 g/mol. The molecule has 1 fully saturated rings. The van der Waals surface area contributed by atoms with E-state index >= 15 is 0 Å². The highest BCUT2D eigenvalue weighted by atomic mass is 15.4. The third kappa shape index (κ3) is 1.71. The zero-order chi connectivity index (χ0) is 11.0. The summed E-state index contributed by atoms with van der Waals surface area (Å²) in [5.41, 5.74) is 2.55. The Bertz CT molecular complexity index is 495. The fraction of sp³-hybridized carbons (Fsp3) is 0.462. The molecule has 3 rings (SSSR count). The lowest BCUT2D eigenvalue weighted by Gasteiger charge is -2.15. The molecule has 0 radical (unpaired) electrons. The second-order valence-corrected chi connectivity index (χ2v) is 4.67. The summed E-state index contributed by atoms with van der Waals surface area (Å²) in [6.45, 7) is 5.49. The second-order valence-electron chi connectivity index (χ2n) is 4.67. The predicted molar refractivity (Wildman–Crippen MR) is 65.3 cm³/mol. The number of benzene rings is 1. The van der Waals surface area contributed by atoms with Crippen molar-refractivity contribution in [3.8, 4) is 0 Å². The largest absolute Gasteiger partial charge is 0.284 e. The average molecular weight is 215 g/mol. The van der Waals surface area contributed by atoms with Gasteiger partial charge in [-0.1, -0.05) is 11.6 Å². The second kappa shape index (κ2) is 3.91. The van der Waals surface area contributed by atoms with E-state index < -0.39 is 0 Å². The van der Waals surface area contributed by atoms with Gasteiger partial charge in [-0.15, -0.1) is 0 Å². The maximum Gasteiger partial charge on any atom is 0.0936 e. The lowest BCUT2D eigenvalue weighted by Crippen LogP contribution is -2.23. The molecular formula is C13H17N3. The van der Waals surface area contributed by atoms with Crippen LogP contribution in [0.15, 0.2) is 24.4 Å². The van der Waals surface area contributed by atoms with Crippen LogP contribution in [-0.4, -0.2) is 27.8 Å². The molecule has 0 bridgehead atoms. The first-order chi connectivity index (χ1) is 7.83. The van der Waals surface area contributed by atoms with Crippen molar-refractivity contribution < 1.29 is 0 Å². The molecule has 1 saturated heterocycles. The Balaban J connectivity index is 1.91. The van der Waals surface area contributed by atoms with Gasteiger partial charge in [0, 0.05) is 5.39 Å². The third-order valence-electron chi connectivity index (χ3n) is 3.33. The number of rotatable bonds is 2. The van der Waals surface area contributed by atoms with Gasteiger partial charge in [-0.3, -0.25) is 9.58 Å². The van der Waals surface area contributed by atoms with Gasteiger partial charge in [0.25, 0.3) is 0 Å². The van der Waals surface area contributed by atoms with Crippen LogP contribution >= 0.6 is 0 Å². The molecule has 0 amide bonds. The normalized spacial score (nSPS) is 17.3. The number of aryl methyl sites for hydroxylation is 1. The van der Waals surface area contributed by atoms with Crippen molar-refractivity contribution >= 4 is 10.9 Å². The van der Waals surface area contributed by atoms with Gasteiger partial charge in [-0.05, 0) is 45.0 Å². The maximum absolute atomic E-state index is 4.47. The van der Waals surface area contributed by atoms with Crippen molar-refractivity contribution in [2.24, 2.45) is 0 Å². The zero-order valence-electron chi connectivity index (χ0n) is 9.69. The van der Waals surface area contributed by atoms with Crippen LogP contribution in [0, 0.1) is 6.92 Å². The number of hydrogen-bond donors (Lipinski definition) is 0. The molecule has 84 valence electrons. The van der Waals surface area contributed by atoms with Gasteiger partial charge in [0.05, 0.1) is 18.4 Å². The topological polar surface area (TPSA) is 21.1 Å². The van der Waals surface area contributed by atoms with Crippen molar-refractivity contribution in [1.82, 2.24) is 14.7 Å². The minimum Gasteiger partial charge on any atom is -0.284 e. The molecule has 1 aromatic carbocycles. The molecule has 2 heterocycles. The van der Waals surface area contributed by atoms with Gasteiger partial charge in [-0.25, -0.2) is 0 Å². The Morgan fingerprint density at radius 3 is 2.88 bits per heavy atom. The van der Waals surface area contributed by atoms with E-state index in [1.807, 2.05) is 6.20 Å². The van der Waals surface area contributed by atoms with Crippen LogP contribution in [-0.2, 0) is 6.67 Å². The van der Waals surface area contributed by atoms with E-state index in [0.29, 0.717) is 0 Å². The lowest BCUT2D eigenvalue weighted by atomic mass is 10.2. The average Bonchev–Trinajstić information content (AvgIpc) is 2.89. The summed E-state index contributed by atoms with van der Waals surface area (Å²) in [4.78, 5) is 2.46. The van der Waals surface area contributed by atoms with E-state index in [0.717, 1.165) is 6.67 Å². The molecule has 0 saturated carbocycles. The fourth-order valence-electron chi connectivity index (χ4n) is 2.43. The van der Waals surface area contributed by atoms with E-state index in [1.54, 1.807) is 0 Å². The molecule has 1 aliphatic rings. The predicted octanol–water partition coefficient (Wildman–Crippen LogP) is 2.40. The summed E-state index contributed by atoms with van der Waals surface area (Å²) in [6, 6.07) is 6.53. The van der Waals surface area contributed by atoms with E-state index in [-0.39, 0.29) is 0 Å². The fourth-order valence-corrected chi connectivity index (χ4v) is 2.43. The van der Waals surface area contributed by atoms with Gasteiger partial charge in [-0.2, -0.15) is 5.10 Å². The minimum absolute atomic E-state index is 0.937. The van der Waals surface area contributed by atoms with Crippen LogP contribution in [0.3, 0.4) is 0 Å². The van der Waals surface area contributed by atoms with Crippen molar-refractivity contribution in [2.45, 2.75) is 26.4 Å². The highest BCUT2D eigenvalue weighted by Crippen LogP contribution is 2.17. The molecule has 1 aliphatic heterocycles. The lowest BCUT2D eigenvalue weighted by molar-refractivity contribution is 0.260. The Labute approximate surface area is 95.7 Å². The molecule has 2 aromatic rings. The summed E-state index contributed by atoms with van der Waals surface area (Å²) in [5.74, 6) is 0. The molecule has 0 atom stereocenters. The van der Waals surface area contributed by atoms with E-state index in [9.17, 15) is 0 Å². The van der Waals surface area contributed by atoms with E-state index in [4.69, 9.17) is 0 Å². The van der Waals surface area contributed by atoms with Gasteiger partial charge < -0.3 is 0 Å². The smallest absolute Gasteiger partial charge is 0.0936 e.